The van der Waals surface area contributed by atoms with Crippen molar-refractivity contribution in [2.24, 2.45) is 17.3 Å². The predicted octanol–water partition coefficient (Wildman–Crippen LogP) is 3.24. The first-order valence-electron chi connectivity index (χ1n) is 19.4. The van der Waals surface area contributed by atoms with E-state index in [-0.39, 0.29) is 48.3 Å². The number of alkyl carbamates (subject to hydrolysis) is 1. The van der Waals surface area contributed by atoms with Crippen LogP contribution in [0.4, 0.5) is 9.59 Å². The van der Waals surface area contributed by atoms with E-state index in [1.807, 2.05) is 6.92 Å². The highest BCUT2D eigenvalue weighted by Gasteiger charge is 2.68. The van der Waals surface area contributed by atoms with E-state index < -0.39 is 78.3 Å². The number of benzene rings is 1. The molecule has 2 heterocycles. The van der Waals surface area contributed by atoms with Gasteiger partial charge in [-0.15, -0.1) is 0 Å². The summed E-state index contributed by atoms with van der Waals surface area (Å²) in [5, 5.41) is 8.07. The van der Waals surface area contributed by atoms with Crippen molar-refractivity contribution in [1.29, 1.82) is 0 Å². The van der Waals surface area contributed by atoms with Crippen molar-refractivity contribution in [1.82, 2.24) is 25.8 Å². The first kappa shape index (κ1) is 42.8. The van der Waals surface area contributed by atoms with Gasteiger partial charge in [0.1, 0.15) is 28.6 Å². The first-order chi connectivity index (χ1) is 26.0. The normalized spacial score (nSPS) is 25.3. The summed E-state index contributed by atoms with van der Waals surface area (Å²) in [5.41, 5.74) is -1.49. The fraction of sp³-hybridized carbons (Fsp3) is 0.692. The number of imide groups is 1. The van der Waals surface area contributed by atoms with Crippen molar-refractivity contribution in [3.63, 3.8) is 0 Å². The zero-order valence-corrected chi connectivity index (χ0v) is 34.5. The number of likely N-dealkylation sites (N-methyl/N-ethyl adjacent to an activating group) is 1. The third-order valence-electron chi connectivity index (χ3n) is 11.4. The lowest BCUT2D eigenvalue weighted by molar-refractivity contribution is -0.199. The summed E-state index contributed by atoms with van der Waals surface area (Å²) < 4.78 is 30.2. The van der Waals surface area contributed by atoms with Crippen LogP contribution >= 0.6 is 0 Å². The Balaban J connectivity index is 1.46. The van der Waals surface area contributed by atoms with Crippen LogP contribution in [-0.4, -0.2) is 121 Å². The van der Waals surface area contributed by atoms with Crippen LogP contribution < -0.4 is 20.7 Å². The van der Waals surface area contributed by atoms with Gasteiger partial charge in [0.15, 0.2) is 0 Å². The standard InChI is InChI=1S/C39H58BN5O11/c1-12-44-16-17-45(32(48)31(44)47)34(50)42-25(21-41-35(51)54-37(5,6)7)30(46)43-28(40-55-27-20-23-19-26(38(23,8)9)39(27,10)56-40)18-22-14-13-15-24(29(22)52-11)33(49)53-36(2,3)4/h13-15,23,25-28H,12,16-21H2,1-11H3,(H,41,51)(H,42,50)(H,43,46)/t23-,25+,26-,27+,28-,39-/m0/s1. The molecule has 3 saturated carbocycles. The summed E-state index contributed by atoms with van der Waals surface area (Å²) in [6.07, 6.45) is 0.757. The first-order valence-corrected chi connectivity index (χ1v) is 19.4. The minimum absolute atomic E-state index is 0.0390. The third-order valence-corrected chi connectivity index (χ3v) is 11.4. The van der Waals surface area contributed by atoms with Gasteiger partial charge in [0.25, 0.3) is 0 Å². The second-order valence-corrected chi connectivity index (χ2v) is 17.9. The molecule has 308 valence electrons. The van der Waals surface area contributed by atoms with Gasteiger partial charge >= 0.3 is 37.0 Å². The summed E-state index contributed by atoms with van der Waals surface area (Å²) in [4.78, 5) is 81.6. The molecule has 56 heavy (non-hydrogen) atoms. The average Bonchev–Trinajstić information content (AvgIpc) is 3.46. The van der Waals surface area contributed by atoms with Crippen LogP contribution in [-0.2, 0) is 39.6 Å². The number of urea groups is 1. The minimum Gasteiger partial charge on any atom is -0.496 e. The summed E-state index contributed by atoms with van der Waals surface area (Å²) >= 11 is 0. The molecule has 0 radical (unpaired) electrons. The molecule has 17 heteroatoms. The number of nitrogens with one attached hydrogen (secondary N) is 3. The molecular formula is C39H58BN5O11. The maximum Gasteiger partial charge on any atom is 0.482 e. The molecule has 5 aliphatic rings. The number of hydrogen-bond donors (Lipinski definition) is 3. The molecule has 2 aliphatic heterocycles. The van der Waals surface area contributed by atoms with Gasteiger partial charge in [-0.25, -0.2) is 14.4 Å². The summed E-state index contributed by atoms with van der Waals surface area (Å²) in [7, 11) is 0.476. The zero-order valence-electron chi connectivity index (χ0n) is 34.5. The van der Waals surface area contributed by atoms with Crippen molar-refractivity contribution >= 4 is 42.9 Å². The maximum atomic E-state index is 14.4. The Morgan fingerprint density at radius 2 is 1.64 bits per heavy atom. The number of rotatable bonds is 11. The van der Waals surface area contributed by atoms with Crippen LogP contribution in [0.15, 0.2) is 18.2 Å². The molecule has 6 atom stereocenters. The van der Waals surface area contributed by atoms with Gasteiger partial charge in [0.05, 0.1) is 31.3 Å². The molecule has 3 N–H and O–H groups in total. The van der Waals surface area contributed by atoms with Gasteiger partial charge in [-0.3, -0.25) is 19.3 Å². The molecule has 6 amide bonds. The molecule has 2 bridgehead atoms. The Kier molecular flexibility index (Phi) is 12.1. The van der Waals surface area contributed by atoms with Crippen LogP contribution in [0.2, 0.25) is 0 Å². The maximum absolute atomic E-state index is 14.4. The van der Waals surface area contributed by atoms with E-state index in [1.165, 1.54) is 12.0 Å². The van der Waals surface area contributed by atoms with E-state index in [0.29, 0.717) is 18.0 Å². The molecule has 16 nitrogen and oxygen atoms in total. The number of amides is 6. The number of methoxy groups -OCH3 is 1. The Hall–Kier alpha value is -4.38. The lowest BCUT2D eigenvalue weighted by Gasteiger charge is -2.64. The molecule has 0 spiro atoms. The van der Waals surface area contributed by atoms with Crippen LogP contribution in [0, 0.1) is 17.3 Å². The van der Waals surface area contributed by atoms with Crippen LogP contribution in [0.1, 0.15) is 98.0 Å². The molecule has 2 saturated heterocycles. The number of esters is 1. The number of piperazine rings is 1. The quantitative estimate of drug-likeness (QED) is 0.170. The van der Waals surface area contributed by atoms with Crippen molar-refractivity contribution < 1.29 is 52.3 Å². The Morgan fingerprint density at radius 3 is 2.25 bits per heavy atom. The Bertz CT molecular complexity index is 1720. The number of para-hydroxylation sites is 1. The van der Waals surface area contributed by atoms with Gasteiger partial charge in [0, 0.05) is 19.6 Å². The van der Waals surface area contributed by atoms with Gasteiger partial charge in [-0.05, 0) is 104 Å². The van der Waals surface area contributed by atoms with Crippen LogP contribution in [0.5, 0.6) is 5.75 Å². The Labute approximate surface area is 329 Å². The average molecular weight is 784 g/mol. The molecule has 0 unspecified atom stereocenters. The largest absolute Gasteiger partial charge is 0.496 e. The number of ether oxygens (including phenoxy) is 3. The van der Waals surface area contributed by atoms with E-state index in [9.17, 15) is 28.8 Å². The van der Waals surface area contributed by atoms with Gasteiger partial charge in [-0.1, -0.05) is 26.0 Å². The van der Waals surface area contributed by atoms with Gasteiger partial charge < -0.3 is 44.4 Å². The summed E-state index contributed by atoms with van der Waals surface area (Å²) in [6.45, 7) is 18.5. The van der Waals surface area contributed by atoms with E-state index in [1.54, 1.807) is 66.7 Å². The number of hydrogen-bond acceptors (Lipinski definition) is 11. The monoisotopic (exact) mass is 783 g/mol. The van der Waals surface area contributed by atoms with Crippen molar-refractivity contribution in [2.75, 3.05) is 33.3 Å². The van der Waals surface area contributed by atoms with Gasteiger partial charge in [-0.2, -0.15) is 0 Å². The number of carbonyl (C=O) groups is 6. The third kappa shape index (κ3) is 8.93. The second kappa shape index (κ2) is 15.9. The summed E-state index contributed by atoms with van der Waals surface area (Å²) in [5.74, 6) is -3.20. The second-order valence-electron chi connectivity index (χ2n) is 17.9. The topological polar surface area (TPSA) is 191 Å². The molecule has 1 aromatic carbocycles. The number of nitrogens with zero attached hydrogens (tertiary/aromatic N) is 2. The van der Waals surface area contributed by atoms with E-state index in [4.69, 9.17) is 23.5 Å². The van der Waals surface area contributed by atoms with Crippen molar-refractivity contribution in [2.45, 2.75) is 123 Å². The highest BCUT2D eigenvalue weighted by atomic mass is 16.7. The Morgan fingerprint density at radius 1 is 0.964 bits per heavy atom. The van der Waals surface area contributed by atoms with E-state index >= 15 is 0 Å². The van der Waals surface area contributed by atoms with Crippen molar-refractivity contribution in [3.8, 4) is 5.75 Å². The molecule has 0 aromatic heterocycles. The smallest absolute Gasteiger partial charge is 0.482 e. The number of carbonyl (C=O) groups excluding carboxylic acids is 6. The predicted molar refractivity (Wildman–Crippen MR) is 204 cm³/mol. The SMILES string of the molecule is CCN1CCN(C(=O)N[C@H](CNC(=O)OC(C)(C)C)C(=O)N[C@@H](Cc2cccc(C(=O)OC(C)(C)C)c2OC)B2O[C@@H]3C[C@@H]4C[C@@H](C4(C)C)[C@]3(C)O2)C(=O)C1=O. The fourth-order valence-corrected chi connectivity index (χ4v) is 8.39. The van der Waals surface area contributed by atoms with Crippen molar-refractivity contribution in [3.05, 3.63) is 29.3 Å². The highest BCUT2D eigenvalue weighted by Crippen LogP contribution is 2.65. The summed E-state index contributed by atoms with van der Waals surface area (Å²) in [6, 6.07) is 2.61. The lowest BCUT2D eigenvalue weighted by Crippen LogP contribution is -2.65. The highest BCUT2D eigenvalue weighted by molar-refractivity contribution is 6.48. The fourth-order valence-electron chi connectivity index (χ4n) is 8.39. The molecule has 1 aromatic rings. The van der Waals surface area contributed by atoms with Crippen LogP contribution in [0.25, 0.3) is 0 Å². The van der Waals surface area contributed by atoms with E-state index in [0.717, 1.165) is 17.7 Å². The van der Waals surface area contributed by atoms with Gasteiger partial charge in [0.2, 0.25) is 5.91 Å². The lowest BCUT2D eigenvalue weighted by atomic mass is 9.43. The molecular weight excluding hydrogens is 725 g/mol. The van der Waals surface area contributed by atoms with E-state index in [2.05, 4.69) is 29.8 Å². The molecule has 3 aliphatic carbocycles. The molecule has 5 fully saturated rings. The minimum atomic E-state index is -1.45. The zero-order chi connectivity index (χ0) is 41.5. The molecule has 6 rings (SSSR count). The van der Waals surface area contributed by atoms with Crippen LogP contribution in [0.3, 0.4) is 0 Å².